The van der Waals surface area contributed by atoms with Crippen LogP contribution < -0.4 is 0 Å². The molecule has 2 aromatic rings. The molecule has 1 aromatic heterocycles. The van der Waals surface area contributed by atoms with Gasteiger partial charge in [0.05, 0.1) is 11.0 Å². The second-order valence-electron chi connectivity index (χ2n) is 4.15. The van der Waals surface area contributed by atoms with Crippen molar-refractivity contribution < 1.29 is 9.90 Å². The molecule has 1 unspecified atom stereocenters. The maximum atomic E-state index is 11.3. The number of imidazole rings is 1. The fourth-order valence-corrected chi connectivity index (χ4v) is 2.02. The number of ketones is 1. The highest BCUT2D eigenvalue weighted by molar-refractivity contribution is 5.97. The van der Waals surface area contributed by atoms with Crippen molar-refractivity contribution in [3.05, 3.63) is 29.6 Å². The SMILES string of the molecule is CCn1c(C(C)O)nc2cc(C(C)=O)ccc21. The molecule has 0 aliphatic rings. The van der Waals surface area contributed by atoms with Crippen molar-refractivity contribution in [1.82, 2.24) is 9.55 Å². The van der Waals surface area contributed by atoms with E-state index in [1.165, 1.54) is 6.92 Å². The number of carbonyl (C=O) groups excluding carboxylic acids is 1. The number of benzene rings is 1. The molecule has 0 saturated heterocycles. The van der Waals surface area contributed by atoms with Crippen molar-refractivity contribution >= 4 is 16.8 Å². The fraction of sp³-hybridized carbons (Fsp3) is 0.385. The standard InChI is InChI=1S/C13H16N2O2/c1-4-15-12-6-5-10(8(2)16)7-11(12)14-13(15)9(3)17/h5-7,9,17H,4H2,1-3H3. The van der Waals surface area contributed by atoms with Crippen LogP contribution in [0.4, 0.5) is 0 Å². The largest absolute Gasteiger partial charge is 0.385 e. The second-order valence-corrected chi connectivity index (χ2v) is 4.15. The van der Waals surface area contributed by atoms with Gasteiger partial charge in [-0.15, -0.1) is 0 Å². The number of hydrogen-bond donors (Lipinski definition) is 1. The van der Waals surface area contributed by atoms with E-state index >= 15 is 0 Å². The number of nitrogens with zero attached hydrogens (tertiary/aromatic N) is 2. The van der Waals surface area contributed by atoms with Gasteiger partial charge in [0.1, 0.15) is 11.9 Å². The molecule has 4 nitrogen and oxygen atoms in total. The number of Topliss-reactive ketones (excluding diaryl/α,β-unsaturated/α-hetero) is 1. The fourth-order valence-electron chi connectivity index (χ4n) is 2.02. The Morgan fingerprint density at radius 1 is 1.53 bits per heavy atom. The summed E-state index contributed by atoms with van der Waals surface area (Å²) in [6.07, 6.45) is -0.608. The van der Waals surface area contributed by atoms with Crippen LogP contribution in [0.1, 0.15) is 43.1 Å². The molecule has 0 radical (unpaired) electrons. The van der Waals surface area contributed by atoms with Gasteiger partial charge in [-0.05, 0) is 39.0 Å². The molecular formula is C13H16N2O2. The molecule has 1 aromatic carbocycles. The van der Waals surface area contributed by atoms with E-state index in [0.717, 1.165) is 17.6 Å². The smallest absolute Gasteiger partial charge is 0.159 e. The number of aryl methyl sites for hydroxylation is 1. The maximum Gasteiger partial charge on any atom is 0.159 e. The zero-order chi connectivity index (χ0) is 12.6. The third-order valence-electron chi connectivity index (χ3n) is 2.87. The lowest BCUT2D eigenvalue weighted by molar-refractivity contribution is 0.101. The third kappa shape index (κ3) is 1.96. The molecule has 2 rings (SSSR count). The van der Waals surface area contributed by atoms with Crippen molar-refractivity contribution in [3.63, 3.8) is 0 Å². The Balaban J connectivity index is 2.68. The Bertz CT molecular complexity index is 570. The molecule has 90 valence electrons. The van der Waals surface area contributed by atoms with Crippen LogP contribution in [0.3, 0.4) is 0 Å². The van der Waals surface area contributed by atoms with Gasteiger partial charge in [-0.3, -0.25) is 4.79 Å². The van der Waals surface area contributed by atoms with Crippen molar-refractivity contribution in [2.75, 3.05) is 0 Å². The molecule has 0 spiro atoms. The van der Waals surface area contributed by atoms with Crippen molar-refractivity contribution in [1.29, 1.82) is 0 Å². The summed E-state index contributed by atoms with van der Waals surface area (Å²) in [5.74, 6) is 0.666. The van der Waals surface area contributed by atoms with Gasteiger partial charge in [0.2, 0.25) is 0 Å². The molecule has 1 heterocycles. The van der Waals surface area contributed by atoms with Gasteiger partial charge < -0.3 is 9.67 Å². The van der Waals surface area contributed by atoms with E-state index in [1.807, 2.05) is 17.6 Å². The summed E-state index contributed by atoms with van der Waals surface area (Å²) in [6.45, 7) is 5.98. The number of aromatic nitrogens is 2. The first-order chi connectivity index (χ1) is 8.04. The third-order valence-corrected chi connectivity index (χ3v) is 2.87. The van der Waals surface area contributed by atoms with Gasteiger partial charge in [0, 0.05) is 12.1 Å². The molecule has 4 heteroatoms. The number of carbonyl (C=O) groups is 1. The number of aliphatic hydroxyl groups is 1. The van der Waals surface area contributed by atoms with Crippen LogP contribution in [-0.4, -0.2) is 20.4 Å². The minimum absolute atomic E-state index is 0.0246. The van der Waals surface area contributed by atoms with Gasteiger partial charge in [-0.25, -0.2) is 4.98 Å². The van der Waals surface area contributed by atoms with Crippen molar-refractivity contribution in [2.24, 2.45) is 0 Å². The Hall–Kier alpha value is -1.68. The summed E-state index contributed by atoms with van der Waals surface area (Å²) in [7, 11) is 0. The van der Waals surface area contributed by atoms with E-state index < -0.39 is 6.10 Å². The van der Waals surface area contributed by atoms with Gasteiger partial charge >= 0.3 is 0 Å². The molecule has 0 amide bonds. The van der Waals surface area contributed by atoms with Crippen LogP contribution in [-0.2, 0) is 6.54 Å². The topological polar surface area (TPSA) is 55.1 Å². The minimum Gasteiger partial charge on any atom is -0.385 e. The Labute approximate surface area is 99.9 Å². The molecule has 1 N–H and O–H groups in total. The highest BCUT2D eigenvalue weighted by Gasteiger charge is 2.14. The average Bonchev–Trinajstić information content (AvgIpc) is 2.66. The van der Waals surface area contributed by atoms with Crippen LogP contribution in [0.15, 0.2) is 18.2 Å². The van der Waals surface area contributed by atoms with Crippen LogP contribution >= 0.6 is 0 Å². The maximum absolute atomic E-state index is 11.3. The number of aliphatic hydroxyl groups excluding tert-OH is 1. The van der Waals surface area contributed by atoms with E-state index in [9.17, 15) is 9.90 Å². The molecular weight excluding hydrogens is 216 g/mol. The summed E-state index contributed by atoms with van der Waals surface area (Å²) < 4.78 is 1.96. The normalized spacial score (nSPS) is 12.9. The highest BCUT2D eigenvalue weighted by Crippen LogP contribution is 2.22. The molecule has 0 aliphatic heterocycles. The first-order valence-corrected chi connectivity index (χ1v) is 5.73. The van der Waals surface area contributed by atoms with Gasteiger partial charge in [-0.2, -0.15) is 0 Å². The van der Waals surface area contributed by atoms with Gasteiger partial charge in [-0.1, -0.05) is 0 Å². The molecule has 0 fully saturated rings. The summed E-state index contributed by atoms with van der Waals surface area (Å²) in [6, 6.07) is 5.45. The predicted molar refractivity (Wildman–Crippen MR) is 66.0 cm³/mol. The summed E-state index contributed by atoms with van der Waals surface area (Å²) >= 11 is 0. The number of rotatable bonds is 3. The molecule has 1 atom stereocenters. The first kappa shape index (κ1) is 11.8. The lowest BCUT2D eigenvalue weighted by atomic mass is 10.1. The molecule has 0 saturated carbocycles. The molecule has 17 heavy (non-hydrogen) atoms. The van der Waals surface area contributed by atoms with Crippen LogP contribution in [0, 0.1) is 0 Å². The summed E-state index contributed by atoms with van der Waals surface area (Å²) in [5, 5.41) is 9.66. The first-order valence-electron chi connectivity index (χ1n) is 5.73. The van der Waals surface area contributed by atoms with Gasteiger partial charge in [0.15, 0.2) is 5.78 Å². The van der Waals surface area contributed by atoms with E-state index in [1.54, 1.807) is 19.1 Å². The number of fused-ring (bicyclic) bond motifs is 1. The predicted octanol–water partition coefficient (Wildman–Crippen LogP) is 2.31. The van der Waals surface area contributed by atoms with Crippen molar-refractivity contribution in [2.45, 2.75) is 33.4 Å². The zero-order valence-electron chi connectivity index (χ0n) is 10.3. The van der Waals surface area contributed by atoms with E-state index in [4.69, 9.17) is 0 Å². The summed E-state index contributed by atoms with van der Waals surface area (Å²) in [4.78, 5) is 15.7. The van der Waals surface area contributed by atoms with E-state index in [0.29, 0.717) is 11.4 Å². The Morgan fingerprint density at radius 2 is 2.24 bits per heavy atom. The number of hydrogen-bond acceptors (Lipinski definition) is 3. The average molecular weight is 232 g/mol. The van der Waals surface area contributed by atoms with Crippen LogP contribution in [0.2, 0.25) is 0 Å². The van der Waals surface area contributed by atoms with Crippen molar-refractivity contribution in [3.8, 4) is 0 Å². The van der Waals surface area contributed by atoms with E-state index in [-0.39, 0.29) is 5.78 Å². The lowest BCUT2D eigenvalue weighted by Crippen LogP contribution is -2.04. The second kappa shape index (κ2) is 4.30. The van der Waals surface area contributed by atoms with Crippen LogP contribution in [0.25, 0.3) is 11.0 Å². The van der Waals surface area contributed by atoms with Crippen LogP contribution in [0.5, 0.6) is 0 Å². The minimum atomic E-state index is -0.608. The quantitative estimate of drug-likeness (QED) is 0.826. The Morgan fingerprint density at radius 3 is 2.76 bits per heavy atom. The Kier molecular flexibility index (Phi) is 2.98. The molecule has 0 bridgehead atoms. The van der Waals surface area contributed by atoms with Gasteiger partial charge in [0.25, 0.3) is 0 Å². The van der Waals surface area contributed by atoms with E-state index in [2.05, 4.69) is 4.98 Å². The molecule has 0 aliphatic carbocycles. The highest BCUT2D eigenvalue weighted by atomic mass is 16.3. The summed E-state index contributed by atoms with van der Waals surface area (Å²) in [5.41, 5.74) is 2.36. The zero-order valence-corrected chi connectivity index (χ0v) is 10.3. The monoisotopic (exact) mass is 232 g/mol. The lowest BCUT2D eigenvalue weighted by Gasteiger charge is -2.07.